The Balaban J connectivity index is 2.25. The van der Waals surface area contributed by atoms with Crippen molar-refractivity contribution < 1.29 is 24.5 Å². The van der Waals surface area contributed by atoms with Crippen molar-refractivity contribution in [1.82, 2.24) is 0 Å². The van der Waals surface area contributed by atoms with E-state index in [1.807, 2.05) is 0 Å². The van der Waals surface area contributed by atoms with Crippen molar-refractivity contribution in [2.24, 2.45) is 10.8 Å². The van der Waals surface area contributed by atoms with Gasteiger partial charge in [0.1, 0.15) is 0 Å². The number of unbranched alkanes of at least 4 members (excludes halogenated alkanes) is 6. The number of hydrogen-bond acceptors (Lipinski definition) is 3. The summed E-state index contributed by atoms with van der Waals surface area (Å²) < 4.78 is 5.62. The topological polar surface area (TPSA) is 87.1 Å². The zero-order valence-electron chi connectivity index (χ0n) is 15.8. The molecule has 2 rings (SSSR count). The van der Waals surface area contributed by atoms with Crippen LogP contribution in [-0.2, 0) is 14.3 Å². The highest BCUT2D eigenvalue weighted by molar-refractivity contribution is 5.87. The van der Waals surface area contributed by atoms with E-state index in [1.54, 1.807) is 0 Å². The van der Waals surface area contributed by atoms with Crippen LogP contribution in [0.15, 0.2) is 0 Å². The number of epoxide rings is 1. The third-order valence-electron chi connectivity index (χ3n) is 6.44. The predicted molar refractivity (Wildman–Crippen MR) is 95.6 cm³/mol. The highest BCUT2D eigenvalue weighted by Crippen LogP contribution is 2.61. The average Bonchev–Trinajstić information content (AvgIpc) is 3.32. The van der Waals surface area contributed by atoms with Crippen molar-refractivity contribution in [1.29, 1.82) is 0 Å². The summed E-state index contributed by atoms with van der Waals surface area (Å²) in [4.78, 5) is 24.8. The molecule has 2 fully saturated rings. The maximum Gasteiger partial charge on any atom is 0.310 e. The van der Waals surface area contributed by atoms with E-state index in [1.165, 1.54) is 0 Å². The predicted octanol–water partition coefficient (Wildman–Crippen LogP) is 4.63. The van der Waals surface area contributed by atoms with Gasteiger partial charge in [0.2, 0.25) is 0 Å². The van der Waals surface area contributed by atoms with E-state index in [2.05, 4.69) is 13.8 Å². The number of ether oxygens (including phenoxy) is 1. The highest BCUT2D eigenvalue weighted by Gasteiger charge is 2.69. The summed E-state index contributed by atoms with van der Waals surface area (Å²) in [5.74, 6) is -1.87. The molecule has 2 N–H and O–H groups in total. The van der Waals surface area contributed by atoms with Gasteiger partial charge in [-0.15, -0.1) is 0 Å². The molecule has 1 saturated carbocycles. The van der Waals surface area contributed by atoms with Crippen LogP contribution in [0.5, 0.6) is 0 Å². The smallest absolute Gasteiger partial charge is 0.310 e. The summed E-state index contributed by atoms with van der Waals surface area (Å²) >= 11 is 0. The second-order valence-corrected chi connectivity index (χ2v) is 8.02. The van der Waals surface area contributed by atoms with Gasteiger partial charge in [-0.3, -0.25) is 9.59 Å². The number of carbonyl (C=O) groups is 2. The van der Waals surface area contributed by atoms with Gasteiger partial charge >= 0.3 is 11.9 Å². The first-order valence-electron chi connectivity index (χ1n) is 10.1. The fourth-order valence-corrected chi connectivity index (χ4v) is 4.80. The lowest BCUT2D eigenvalue weighted by Gasteiger charge is -2.47. The van der Waals surface area contributed by atoms with Gasteiger partial charge in [-0.1, -0.05) is 65.2 Å². The lowest BCUT2D eigenvalue weighted by molar-refractivity contribution is -0.181. The molecule has 2 aliphatic rings. The van der Waals surface area contributed by atoms with Gasteiger partial charge in [0.15, 0.2) is 0 Å². The van der Waals surface area contributed by atoms with Crippen LogP contribution in [-0.4, -0.2) is 34.4 Å². The van der Waals surface area contributed by atoms with Crippen LogP contribution in [0.4, 0.5) is 0 Å². The molecule has 144 valence electrons. The molecule has 4 unspecified atom stereocenters. The summed E-state index contributed by atoms with van der Waals surface area (Å²) in [5, 5.41) is 20.3. The normalized spacial score (nSPS) is 33.7. The van der Waals surface area contributed by atoms with Crippen LogP contribution < -0.4 is 0 Å². The largest absolute Gasteiger partial charge is 0.481 e. The van der Waals surface area contributed by atoms with E-state index in [9.17, 15) is 19.8 Å². The van der Waals surface area contributed by atoms with Crippen LogP contribution in [0.2, 0.25) is 0 Å². The van der Waals surface area contributed by atoms with Gasteiger partial charge in [0.05, 0.1) is 23.0 Å². The molecule has 25 heavy (non-hydrogen) atoms. The van der Waals surface area contributed by atoms with Crippen molar-refractivity contribution in [3.8, 4) is 0 Å². The molecule has 0 spiro atoms. The van der Waals surface area contributed by atoms with Gasteiger partial charge in [0, 0.05) is 0 Å². The van der Waals surface area contributed by atoms with Gasteiger partial charge in [-0.25, -0.2) is 0 Å². The summed E-state index contributed by atoms with van der Waals surface area (Å²) in [6, 6.07) is 0. The number of rotatable bonds is 12. The number of fused-ring (bicyclic) bond motifs is 1. The maximum absolute atomic E-state index is 12.4. The fraction of sp³-hybridized carbons (Fsp3) is 0.900. The molecule has 0 aromatic carbocycles. The van der Waals surface area contributed by atoms with E-state index in [4.69, 9.17) is 4.74 Å². The number of carboxylic acid groups (broad SMARTS) is 2. The fourth-order valence-electron chi connectivity index (χ4n) is 4.80. The van der Waals surface area contributed by atoms with Crippen molar-refractivity contribution in [3.05, 3.63) is 0 Å². The molecule has 5 nitrogen and oxygen atoms in total. The molecular formula is C20H34O5. The van der Waals surface area contributed by atoms with Gasteiger partial charge in [-0.2, -0.15) is 0 Å². The van der Waals surface area contributed by atoms with Gasteiger partial charge in [0.25, 0.3) is 0 Å². The Morgan fingerprint density at radius 3 is 1.52 bits per heavy atom. The second kappa shape index (κ2) is 8.52. The maximum atomic E-state index is 12.4. The first-order valence-corrected chi connectivity index (χ1v) is 10.1. The minimum absolute atomic E-state index is 0.0506. The van der Waals surface area contributed by atoms with E-state index in [0.717, 1.165) is 51.4 Å². The van der Waals surface area contributed by atoms with Crippen molar-refractivity contribution in [2.75, 3.05) is 0 Å². The Bertz CT molecular complexity index is 435. The first-order chi connectivity index (χ1) is 11.9. The molecule has 1 aliphatic heterocycles. The van der Waals surface area contributed by atoms with Crippen molar-refractivity contribution in [3.63, 3.8) is 0 Å². The second-order valence-electron chi connectivity index (χ2n) is 8.02. The van der Waals surface area contributed by atoms with E-state index in [0.29, 0.717) is 25.7 Å². The molecule has 4 atom stereocenters. The lowest BCUT2D eigenvalue weighted by Crippen LogP contribution is -2.56. The number of hydrogen-bond donors (Lipinski definition) is 2. The molecule has 0 amide bonds. The monoisotopic (exact) mass is 354 g/mol. The van der Waals surface area contributed by atoms with E-state index in [-0.39, 0.29) is 12.2 Å². The molecular weight excluding hydrogens is 320 g/mol. The average molecular weight is 354 g/mol. The SMILES string of the molecule is CCCCCCC1(C(=O)O)CC2OC2CC1(CCCCCC)C(=O)O. The highest BCUT2D eigenvalue weighted by atomic mass is 16.6. The van der Waals surface area contributed by atoms with E-state index < -0.39 is 22.8 Å². The van der Waals surface area contributed by atoms with E-state index >= 15 is 0 Å². The molecule has 1 saturated heterocycles. The quantitative estimate of drug-likeness (QED) is 0.394. The van der Waals surface area contributed by atoms with Gasteiger partial charge < -0.3 is 14.9 Å². The Morgan fingerprint density at radius 1 is 0.800 bits per heavy atom. The number of aliphatic carboxylic acids is 2. The molecule has 0 aromatic heterocycles. The van der Waals surface area contributed by atoms with Crippen LogP contribution in [0.1, 0.15) is 90.9 Å². The Morgan fingerprint density at radius 2 is 1.20 bits per heavy atom. The molecule has 1 heterocycles. The third kappa shape index (κ3) is 4.02. The van der Waals surface area contributed by atoms with Crippen LogP contribution >= 0.6 is 0 Å². The minimum Gasteiger partial charge on any atom is -0.481 e. The van der Waals surface area contributed by atoms with Crippen LogP contribution in [0.25, 0.3) is 0 Å². The zero-order chi connectivity index (χ0) is 18.5. The summed E-state index contributed by atoms with van der Waals surface area (Å²) in [6.45, 7) is 4.23. The Labute approximate surface area is 151 Å². The zero-order valence-corrected chi connectivity index (χ0v) is 15.8. The van der Waals surface area contributed by atoms with Crippen LogP contribution in [0, 0.1) is 10.8 Å². The van der Waals surface area contributed by atoms with Gasteiger partial charge in [-0.05, 0) is 25.7 Å². The standard InChI is InChI=1S/C20H34O5/c1-3-5-7-9-11-19(17(21)22)13-15-16(25-15)14-20(19,18(23)24)12-10-8-6-4-2/h15-16H,3-14H2,1-2H3,(H,21,22)(H,23,24). The van der Waals surface area contributed by atoms with Crippen LogP contribution in [0.3, 0.4) is 0 Å². The third-order valence-corrected chi connectivity index (χ3v) is 6.44. The number of carboxylic acids is 2. The Kier molecular flexibility index (Phi) is 6.89. The van der Waals surface area contributed by atoms with Crippen molar-refractivity contribution >= 4 is 11.9 Å². The summed E-state index contributed by atoms with van der Waals surface area (Å²) in [6.07, 6.45) is 9.30. The molecule has 0 radical (unpaired) electrons. The molecule has 5 heteroatoms. The lowest BCUT2D eigenvalue weighted by atomic mass is 9.52. The Hall–Kier alpha value is -1.10. The molecule has 0 aromatic rings. The molecule has 1 aliphatic carbocycles. The summed E-state index contributed by atoms with van der Waals surface area (Å²) in [5.41, 5.74) is -2.37. The first kappa shape index (κ1) is 20.2. The van der Waals surface area contributed by atoms with Crippen molar-refractivity contribution in [2.45, 2.75) is 103 Å². The molecule has 0 bridgehead atoms. The summed E-state index contributed by atoms with van der Waals surface area (Å²) in [7, 11) is 0. The minimum atomic E-state index is -1.18.